The summed E-state index contributed by atoms with van der Waals surface area (Å²) in [6, 6.07) is 1.65. The summed E-state index contributed by atoms with van der Waals surface area (Å²) in [5.41, 5.74) is 2.12. The third-order valence-electron chi connectivity index (χ3n) is 5.96. The number of sulfonamides is 1. The molecule has 0 saturated heterocycles. The molecule has 28 heavy (non-hydrogen) atoms. The van der Waals surface area contributed by atoms with Crippen LogP contribution in [-0.2, 0) is 29.9 Å². The number of aryl methyl sites for hydroxylation is 4. The monoisotopic (exact) mass is 405 g/mol. The Labute approximate surface area is 165 Å². The van der Waals surface area contributed by atoms with E-state index in [2.05, 4.69) is 14.8 Å². The molecular formula is C19H27N5O3S. The first kappa shape index (κ1) is 19.3. The molecule has 4 rings (SSSR count). The zero-order valence-electron chi connectivity index (χ0n) is 16.4. The number of nitrogens with one attached hydrogen (secondary N) is 1. The van der Waals surface area contributed by atoms with E-state index in [1.807, 2.05) is 0 Å². The van der Waals surface area contributed by atoms with Crippen LogP contribution in [0.5, 0.6) is 0 Å². The fraction of sp³-hybridized carbons (Fsp3) is 0.632. The van der Waals surface area contributed by atoms with E-state index in [4.69, 9.17) is 0 Å². The van der Waals surface area contributed by atoms with E-state index >= 15 is 0 Å². The van der Waals surface area contributed by atoms with Crippen LogP contribution in [0.25, 0.3) is 0 Å². The summed E-state index contributed by atoms with van der Waals surface area (Å²) in [7, 11) is -1.86. The van der Waals surface area contributed by atoms with Gasteiger partial charge in [-0.2, -0.15) is 5.10 Å². The van der Waals surface area contributed by atoms with Crippen molar-refractivity contribution in [3.05, 3.63) is 39.7 Å². The predicted octanol–water partition coefficient (Wildman–Crippen LogP) is 1.63. The molecule has 0 spiro atoms. The van der Waals surface area contributed by atoms with E-state index in [-0.39, 0.29) is 22.7 Å². The Bertz CT molecular complexity index is 1010. The van der Waals surface area contributed by atoms with Gasteiger partial charge < -0.3 is 4.57 Å². The normalized spacial score (nSPS) is 22.8. The molecule has 0 bridgehead atoms. The molecule has 0 unspecified atom stereocenters. The molecule has 152 valence electrons. The lowest BCUT2D eigenvalue weighted by atomic mass is 9.91. The second-order valence-corrected chi connectivity index (χ2v) is 9.63. The van der Waals surface area contributed by atoms with Gasteiger partial charge in [0.25, 0.3) is 15.6 Å². The summed E-state index contributed by atoms with van der Waals surface area (Å²) >= 11 is 0. The fourth-order valence-electron chi connectivity index (χ4n) is 4.21. The summed E-state index contributed by atoms with van der Waals surface area (Å²) < 4.78 is 31.3. The minimum absolute atomic E-state index is 0.0337. The third-order valence-corrected chi connectivity index (χ3v) is 7.35. The molecule has 2 aliphatic carbocycles. The first-order valence-corrected chi connectivity index (χ1v) is 11.5. The highest BCUT2D eigenvalue weighted by atomic mass is 32.2. The number of nitrogens with zero attached hydrogens (tertiary/aromatic N) is 4. The van der Waals surface area contributed by atoms with Crippen LogP contribution in [0.4, 0.5) is 0 Å². The Kier molecular flexibility index (Phi) is 5.13. The van der Waals surface area contributed by atoms with E-state index in [0.29, 0.717) is 18.7 Å². The Morgan fingerprint density at radius 2 is 1.86 bits per heavy atom. The molecule has 0 radical (unpaired) electrons. The summed E-state index contributed by atoms with van der Waals surface area (Å²) in [6.45, 7) is 1.77. The van der Waals surface area contributed by atoms with Crippen molar-refractivity contribution < 1.29 is 8.42 Å². The molecule has 1 N–H and O–H groups in total. The maximum Gasteiger partial charge on any atom is 0.267 e. The molecule has 2 aliphatic rings. The Hall–Kier alpha value is -2.00. The van der Waals surface area contributed by atoms with E-state index in [0.717, 1.165) is 49.8 Å². The van der Waals surface area contributed by atoms with Gasteiger partial charge >= 0.3 is 0 Å². The molecule has 2 aromatic heterocycles. The van der Waals surface area contributed by atoms with Crippen molar-refractivity contribution in [2.45, 2.75) is 75.4 Å². The minimum Gasteiger partial charge on any atom is -0.337 e. The molecule has 0 aliphatic heterocycles. The van der Waals surface area contributed by atoms with Gasteiger partial charge in [-0.1, -0.05) is 0 Å². The first-order valence-electron chi connectivity index (χ1n) is 9.97. The van der Waals surface area contributed by atoms with Gasteiger partial charge in [0.05, 0.1) is 11.7 Å². The van der Waals surface area contributed by atoms with Crippen molar-refractivity contribution >= 4 is 10.0 Å². The van der Waals surface area contributed by atoms with Crippen LogP contribution >= 0.6 is 0 Å². The Balaban J connectivity index is 1.43. The molecule has 0 atom stereocenters. The fourth-order valence-corrected chi connectivity index (χ4v) is 5.56. The minimum atomic E-state index is -3.63. The smallest absolute Gasteiger partial charge is 0.267 e. The molecule has 0 amide bonds. The summed E-state index contributed by atoms with van der Waals surface area (Å²) in [4.78, 5) is 16.6. The van der Waals surface area contributed by atoms with Crippen LogP contribution in [0.15, 0.2) is 22.1 Å². The maximum atomic E-state index is 12.6. The highest BCUT2D eigenvalue weighted by Crippen LogP contribution is 2.28. The molecule has 2 heterocycles. The van der Waals surface area contributed by atoms with E-state index in [1.54, 1.807) is 29.3 Å². The summed E-state index contributed by atoms with van der Waals surface area (Å²) in [6.07, 6.45) is 8.50. The predicted molar refractivity (Wildman–Crippen MR) is 105 cm³/mol. The van der Waals surface area contributed by atoms with Crippen LogP contribution in [0.1, 0.15) is 61.6 Å². The summed E-state index contributed by atoms with van der Waals surface area (Å²) in [5.74, 6) is 0.655. The number of rotatable bonds is 4. The van der Waals surface area contributed by atoms with E-state index in [9.17, 15) is 13.2 Å². The first-order chi connectivity index (χ1) is 13.3. The van der Waals surface area contributed by atoms with Gasteiger partial charge in [-0.05, 0) is 63.9 Å². The molecule has 8 nitrogen and oxygen atoms in total. The number of imidazole rings is 1. The average Bonchev–Trinajstić information content (AvgIpc) is 3.01. The highest BCUT2D eigenvalue weighted by Gasteiger charge is 2.29. The number of fused-ring (bicyclic) bond motifs is 1. The lowest BCUT2D eigenvalue weighted by Gasteiger charge is -2.30. The van der Waals surface area contributed by atoms with Gasteiger partial charge in [0, 0.05) is 25.4 Å². The largest absolute Gasteiger partial charge is 0.337 e. The van der Waals surface area contributed by atoms with Crippen LogP contribution < -0.4 is 10.3 Å². The SMILES string of the molecule is Cc1nc(S(=O)(=O)NC2CCC(n3nc4c(cc3=O)CCCC4)CC2)cn1C. The van der Waals surface area contributed by atoms with Crippen molar-refractivity contribution in [3.63, 3.8) is 0 Å². The zero-order valence-corrected chi connectivity index (χ0v) is 17.2. The molecule has 9 heteroatoms. The summed E-state index contributed by atoms with van der Waals surface area (Å²) in [5, 5.41) is 4.71. The maximum absolute atomic E-state index is 12.6. The number of aromatic nitrogens is 4. The number of hydrogen-bond acceptors (Lipinski definition) is 5. The quantitative estimate of drug-likeness (QED) is 0.833. The topological polar surface area (TPSA) is 98.9 Å². The van der Waals surface area contributed by atoms with Crippen molar-refractivity contribution in [1.82, 2.24) is 24.1 Å². The van der Waals surface area contributed by atoms with E-state index < -0.39 is 10.0 Å². The van der Waals surface area contributed by atoms with Crippen molar-refractivity contribution in [1.29, 1.82) is 0 Å². The van der Waals surface area contributed by atoms with Crippen molar-refractivity contribution in [2.75, 3.05) is 0 Å². The molecular weight excluding hydrogens is 378 g/mol. The molecule has 2 aromatic rings. The lowest BCUT2D eigenvalue weighted by Crippen LogP contribution is -2.40. The van der Waals surface area contributed by atoms with Crippen molar-refractivity contribution in [2.24, 2.45) is 7.05 Å². The van der Waals surface area contributed by atoms with Crippen LogP contribution in [0.2, 0.25) is 0 Å². The second-order valence-electron chi connectivity index (χ2n) is 7.97. The van der Waals surface area contributed by atoms with Gasteiger partial charge in [0.15, 0.2) is 5.03 Å². The molecule has 1 saturated carbocycles. The third kappa shape index (κ3) is 3.77. The lowest BCUT2D eigenvalue weighted by molar-refractivity contribution is 0.282. The van der Waals surface area contributed by atoms with Crippen molar-refractivity contribution in [3.8, 4) is 0 Å². The van der Waals surface area contributed by atoms with Gasteiger partial charge in [0.2, 0.25) is 0 Å². The van der Waals surface area contributed by atoms with Gasteiger partial charge in [0.1, 0.15) is 5.82 Å². The Morgan fingerprint density at radius 1 is 1.14 bits per heavy atom. The van der Waals surface area contributed by atoms with E-state index in [1.165, 1.54) is 6.20 Å². The van der Waals surface area contributed by atoms with Crippen LogP contribution in [0.3, 0.4) is 0 Å². The van der Waals surface area contributed by atoms with Gasteiger partial charge in [-0.3, -0.25) is 4.79 Å². The van der Waals surface area contributed by atoms with Crippen LogP contribution in [0, 0.1) is 6.92 Å². The standard InChI is InChI=1S/C19H27N5O3S/c1-13-20-18(12-23(13)2)28(26,27)22-15-7-9-16(10-8-15)24-19(25)11-14-5-3-4-6-17(14)21-24/h11-12,15-16,22H,3-10H2,1-2H3. The van der Waals surface area contributed by atoms with Gasteiger partial charge in [-0.15, -0.1) is 0 Å². The zero-order chi connectivity index (χ0) is 19.9. The average molecular weight is 406 g/mol. The van der Waals surface area contributed by atoms with Crippen LogP contribution in [-0.4, -0.2) is 33.8 Å². The molecule has 0 aromatic carbocycles. The second kappa shape index (κ2) is 7.44. The number of hydrogen-bond donors (Lipinski definition) is 1. The Morgan fingerprint density at radius 3 is 2.54 bits per heavy atom. The molecule has 1 fully saturated rings. The highest BCUT2D eigenvalue weighted by molar-refractivity contribution is 7.89. The van der Waals surface area contributed by atoms with Gasteiger partial charge in [-0.25, -0.2) is 22.8 Å².